The van der Waals surface area contributed by atoms with E-state index in [9.17, 15) is 14.7 Å². The van der Waals surface area contributed by atoms with Crippen LogP contribution in [0.4, 0.5) is 4.79 Å². The lowest BCUT2D eigenvalue weighted by atomic mass is 9.89. The Bertz CT molecular complexity index is 372. The van der Waals surface area contributed by atoms with Gasteiger partial charge in [-0.15, -0.1) is 6.58 Å². The fraction of sp³-hybridized carbons (Fsp3) is 0.714. The number of rotatable bonds is 6. The standard InChI is InChI=1S/C14H24N2O4/c1-4-8-15(10-11-20-3)13(19)16-9-6-5-7-14(16,2)12(17)18/h4H,1,5-11H2,2-3H3,(H,17,18). The highest BCUT2D eigenvalue weighted by atomic mass is 16.5. The molecule has 1 unspecified atom stereocenters. The van der Waals surface area contributed by atoms with E-state index in [1.807, 2.05) is 0 Å². The fourth-order valence-electron chi connectivity index (χ4n) is 2.44. The summed E-state index contributed by atoms with van der Waals surface area (Å²) >= 11 is 0. The number of piperidine rings is 1. The summed E-state index contributed by atoms with van der Waals surface area (Å²) in [5.74, 6) is -0.948. The molecule has 20 heavy (non-hydrogen) atoms. The van der Waals surface area contributed by atoms with E-state index in [0.29, 0.717) is 32.7 Å². The number of carboxylic acid groups (broad SMARTS) is 1. The summed E-state index contributed by atoms with van der Waals surface area (Å²) in [6, 6.07) is -0.258. The molecule has 6 heteroatoms. The minimum Gasteiger partial charge on any atom is -0.480 e. The number of likely N-dealkylation sites (tertiary alicyclic amines) is 1. The maximum absolute atomic E-state index is 12.6. The highest BCUT2D eigenvalue weighted by Crippen LogP contribution is 2.29. The van der Waals surface area contributed by atoms with Gasteiger partial charge in [0.05, 0.1) is 6.61 Å². The molecule has 1 saturated heterocycles. The zero-order valence-corrected chi connectivity index (χ0v) is 12.3. The van der Waals surface area contributed by atoms with Crippen LogP contribution in [-0.4, -0.2) is 65.8 Å². The van der Waals surface area contributed by atoms with Crippen LogP contribution in [0, 0.1) is 0 Å². The zero-order valence-electron chi connectivity index (χ0n) is 12.3. The lowest BCUT2D eigenvalue weighted by Crippen LogP contribution is -2.60. The van der Waals surface area contributed by atoms with Gasteiger partial charge in [-0.3, -0.25) is 0 Å². The van der Waals surface area contributed by atoms with Crippen LogP contribution < -0.4 is 0 Å². The number of urea groups is 1. The van der Waals surface area contributed by atoms with Crippen LogP contribution in [-0.2, 0) is 9.53 Å². The highest BCUT2D eigenvalue weighted by Gasteiger charge is 2.45. The number of aliphatic carboxylic acids is 1. The van der Waals surface area contributed by atoms with Crippen molar-refractivity contribution in [3.8, 4) is 0 Å². The van der Waals surface area contributed by atoms with Crippen molar-refractivity contribution in [2.24, 2.45) is 0 Å². The normalized spacial score (nSPS) is 22.4. The fourth-order valence-corrected chi connectivity index (χ4v) is 2.44. The first kappa shape index (κ1) is 16.5. The van der Waals surface area contributed by atoms with Crippen molar-refractivity contribution < 1.29 is 19.4 Å². The smallest absolute Gasteiger partial charge is 0.329 e. The first-order valence-electron chi connectivity index (χ1n) is 6.87. The van der Waals surface area contributed by atoms with Crippen LogP contribution in [0.5, 0.6) is 0 Å². The molecule has 114 valence electrons. The number of nitrogens with zero attached hydrogens (tertiary/aromatic N) is 2. The summed E-state index contributed by atoms with van der Waals surface area (Å²) in [4.78, 5) is 27.2. The third-order valence-corrected chi connectivity index (χ3v) is 3.77. The van der Waals surface area contributed by atoms with Gasteiger partial charge in [0.25, 0.3) is 0 Å². The number of carbonyl (C=O) groups is 2. The van der Waals surface area contributed by atoms with Gasteiger partial charge in [0.1, 0.15) is 5.54 Å². The molecule has 1 fully saturated rings. The molecule has 0 radical (unpaired) electrons. The van der Waals surface area contributed by atoms with Crippen LogP contribution in [0.15, 0.2) is 12.7 Å². The molecule has 1 aliphatic heterocycles. The van der Waals surface area contributed by atoms with Gasteiger partial charge in [-0.05, 0) is 26.2 Å². The van der Waals surface area contributed by atoms with Crippen molar-refractivity contribution in [1.29, 1.82) is 0 Å². The second-order valence-electron chi connectivity index (χ2n) is 5.20. The molecule has 0 aromatic rings. The van der Waals surface area contributed by atoms with E-state index >= 15 is 0 Å². The maximum atomic E-state index is 12.6. The number of carbonyl (C=O) groups excluding carboxylic acids is 1. The van der Waals surface area contributed by atoms with Gasteiger partial charge in [0.2, 0.25) is 0 Å². The first-order chi connectivity index (χ1) is 9.47. The molecule has 0 spiro atoms. The number of hydrogen-bond acceptors (Lipinski definition) is 3. The average Bonchev–Trinajstić information content (AvgIpc) is 2.43. The minimum atomic E-state index is -1.12. The Balaban J connectivity index is 2.89. The summed E-state index contributed by atoms with van der Waals surface area (Å²) in [7, 11) is 1.57. The molecule has 0 aromatic heterocycles. The van der Waals surface area contributed by atoms with Crippen LogP contribution >= 0.6 is 0 Å². The van der Waals surface area contributed by atoms with Crippen LogP contribution in [0.3, 0.4) is 0 Å². The predicted molar refractivity (Wildman–Crippen MR) is 75.6 cm³/mol. The summed E-state index contributed by atoms with van der Waals surface area (Å²) in [5, 5.41) is 9.45. The molecular weight excluding hydrogens is 260 g/mol. The summed E-state index contributed by atoms with van der Waals surface area (Å²) in [6.45, 7) is 6.95. The average molecular weight is 284 g/mol. The Hall–Kier alpha value is -1.56. The molecule has 0 bridgehead atoms. The van der Waals surface area contributed by atoms with Crippen molar-refractivity contribution in [3.63, 3.8) is 0 Å². The molecule has 1 aliphatic rings. The molecule has 1 N–H and O–H groups in total. The Labute approximate surface area is 120 Å². The Morgan fingerprint density at radius 3 is 2.75 bits per heavy atom. The second-order valence-corrected chi connectivity index (χ2v) is 5.20. The van der Waals surface area contributed by atoms with Crippen molar-refractivity contribution in [2.75, 3.05) is 33.4 Å². The molecular formula is C14H24N2O4. The lowest BCUT2D eigenvalue weighted by Gasteiger charge is -2.43. The molecule has 2 amide bonds. The summed E-state index contributed by atoms with van der Waals surface area (Å²) in [6.07, 6.45) is 3.78. The maximum Gasteiger partial charge on any atom is 0.329 e. The van der Waals surface area contributed by atoms with Crippen molar-refractivity contribution >= 4 is 12.0 Å². The second kappa shape index (κ2) is 7.28. The van der Waals surface area contributed by atoms with Gasteiger partial charge in [0, 0.05) is 26.7 Å². The lowest BCUT2D eigenvalue weighted by molar-refractivity contribution is -0.150. The van der Waals surface area contributed by atoms with E-state index < -0.39 is 11.5 Å². The SMILES string of the molecule is C=CCN(CCOC)C(=O)N1CCCCC1(C)C(=O)O. The van der Waals surface area contributed by atoms with Gasteiger partial charge >= 0.3 is 12.0 Å². The van der Waals surface area contributed by atoms with E-state index in [1.54, 1.807) is 25.0 Å². The largest absolute Gasteiger partial charge is 0.480 e. The van der Waals surface area contributed by atoms with Crippen LogP contribution in [0.2, 0.25) is 0 Å². The number of amides is 2. The summed E-state index contributed by atoms with van der Waals surface area (Å²) in [5.41, 5.74) is -1.12. The van der Waals surface area contributed by atoms with Gasteiger partial charge < -0.3 is 19.6 Å². The van der Waals surface area contributed by atoms with Gasteiger partial charge in [-0.1, -0.05) is 6.08 Å². The third-order valence-electron chi connectivity index (χ3n) is 3.77. The molecule has 6 nitrogen and oxygen atoms in total. The minimum absolute atomic E-state index is 0.258. The highest BCUT2D eigenvalue weighted by molar-refractivity contribution is 5.86. The van der Waals surface area contributed by atoms with Crippen LogP contribution in [0.25, 0.3) is 0 Å². The van der Waals surface area contributed by atoms with Crippen molar-refractivity contribution in [3.05, 3.63) is 12.7 Å². The van der Waals surface area contributed by atoms with Gasteiger partial charge in [-0.2, -0.15) is 0 Å². The number of hydrogen-bond donors (Lipinski definition) is 1. The van der Waals surface area contributed by atoms with Crippen LogP contribution in [0.1, 0.15) is 26.2 Å². The molecule has 0 saturated carbocycles. The van der Waals surface area contributed by atoms with Crippen molar-refractivity contribution in [2.45, 2.75) is 31.7 Å². The van der Waals surface area contributed by atoms with E-state index in [0.717, 1.165) is 12.8 Å². The Morgan fingerprint density at radius 1 is 1.50 bits per heavy atom. The Kier molecular flexibility index (Phi) is 6.01. The Morgan fingerprint density at radius 2 is 2.20 bits per heavy atom. The molecule has 1 atom stereocenters. The first-order valence-corrected chi connectivity index (χ1v) is 6.87. The van der Waals surface area contributed by atoms with Gasteiger partial charge in [0.15, 0.2) is 0 Å². The summed E-state index contributed by atoms with van der Waals surface area (Å²) < 4.78 is 4.99. The predicted octanol–water partition coefficient (Wildman–Crippen LogP) is 1.57. The van der Waals surface area contributed by atoms with E-state index in [2.05, 4.69) is 6.58 Å². The number of ether oxygens (including phenoxy) is 1. The molecule has 1 heterocycles. The van der Waals surface area contributed by atoms with E-state index in [4.69, 9.17) is 4.74 Å². The number of carboxylic acids is 1. The zero-order chi connectivity index (χ0) is 15.2. The number of methoxy groups -OCH3 is 1. The molecule has 0 aliphatic carbocycles. The topological polar surface area (TPSA) is 70.1 Å². The van der Waals surface area contributed by atoms with E-state index in [1.165, 1.54) is 4.90 Å². The van der Waals surface area contributed by atoms with Gasteiger partial charge in [-0.25, -0.2) is 9.59 Å². The molecule has 0 aromatic carbocycles. The third kappa shape index (κ3) is 3.50. The quantitative estimate of drug-likeness (QED) is 0.752. The van der Waals surface area contributed by atoms with Crippen molar-refractivity contribution in [1.82, 2.24) is 9.80 Å². The monoisotopic (exact) mass is 284 g/mol. The molecule has 1 rings (SSSR count). The van der Waals surface area contributed by atoms with E-state index in [-0.39, 0.29) is 6.03 Å².